The lowest BCUT2D eigenvalue weighted by atomic mass is 10.1. The van der Waals surface area contributed by atoms with Crippen LogP contribution in [0.4, 0.5) is 0 Å². The lowest BCUT2D eigenvalue weighted by Crippen LogP contribution is -1.97. The van der Waals surface area contributed by atoms with Crippen LogP contribution in [0.25, 0.3) is 21.2 Å². The Morgan fingerprint density at radius 1 is 0.792 bits per heavy atom. The number of ketones is 1. The van der Waals surface area contributed by atoms with Crippen molar-refractivity contribution in [2.45, 2.75) is 0 Å². The first kappa shape index (κ1) is 14.7. The number of benzene rings is 3. The van der Waals surface area contributed by atoms with Crippen molar-refractivity contribution in [2.24, 2.45) is 0 Å². The van der Waals surface area contributed by atoms with Crippen molar-refractivity contribution in [1.82, 2.24) is 0 Å². The van der Waals surface area contributed by atoms with Crippen molar-refractivity contribution >= 4 is 27.9 Å². The normalized spacial score (nSPS) is 10.8. The lowest BCUT2D eigenvalue weighted by molar-refractivity contribution is 0.104. The van der Waals surface area contributed by atoms with E-state index in [1.54, 1.807) is 18.2 Å². The van der Waals surface area contributed by atoms with Crippen molar-refractivity contribution in [3.8, 4) is 16.2 Å². The molecule has 0 saturated heterocycles. The predicted molar refractivity (Wildman–Crippen MR) is 98.8 cm³/mol. The molecule has 0 atom stereocenters. The molecule has 1 heterocycles. The Morgan fingerprint density at radius 3 is 2.46 bits per heavy atom. The zero-order valence-corrected chi connectivity index (χ0v) is 13.6. The Balaban J connectivity index is 1.69. The predicted octanol–water partition coefficient (Wildman–Crippen LogP) is 5.50. The van der Waals surface area contributed by atoms with E-state index in [1.807, 2.05) is 24.3 Å². The topological polar surface area (TPSA) is 37.3 Å². The van der Waals surface area contributed by atoms with E-state index in [2.05, 4.69) is 30.3 Å². The molecule has 3 aromatic carbocycles. The highest BCUT2D eigenvalue weighted by molar-refractivity contribution is 7.17. The Hall–Kier alpha value is -2.91. The van der Waals surface area contributed by atoms with Crippen LogP contribution in [0.5, 0.6) is 5.75 Å². The summed E-state index contributed by atoms with van der Waals surface area (Å²) < 4.78 is 0. The van der Waals surface area contributed by atoms with Crippen LogP contribution in [0.3, 0.4) is 0 Å². The van der Waals surface area contributed by atoms with E-state index in [9.17, 15) is 9.90 Å². The van der Waals surface area contributed by atoms with Gasteiger partial charge in [-0.2, -0.15) is 0 Å². The molecule has 24 heavy (non-hydrogen) atoms. The Labute approximate surface area is 143 Å². The van der Waals surface area contributed by atoms with E-state index < -0.39 is 0 Å². The van der Waals surface area contributed by atoms with Crippen molar-refractivity contribution in [3.63, 3.8) is 0 Å². The smallest absolute Gasteiger partial charge is 0.203 e. The molecule has 0 aliphatic heterocycles. The number of hydrogen-bond donors (Lipinski definition) is 1. The fourth-order valence-electron chi connectivity index (χ4n) is 2.75. The van der Waals surface area contributed by atoms with Crippen LogP contribution in [-0.4, -0.2) is 10.9 Å². The summed E-state index contributed by atoms with van der Waals surface area (Å²) in [7, 11) is 0. The van der Waals surface area contributed by atoms with Gasteiger partial charge in [-0.15, -0.1) is 11.3 Å². The first-order valence-electron chi connectivity index (χ1n) is 7.63. The summed E-state index contributed by atoms with van der Waals surface area (Å²) in [5.74, 6) is 0.0371. The van der Waals surface area contributed by atoms with E-state index >= 15 is 0 Å². The molecule has 1 aromatic heterocycles. The van der Waals surface area contributed by atoms with E-state index in [-0.39, 0.29) is 11.5 Å². The van der Waals surface area contributed by atoms with Gasteiger partial charge >= 0.3 is 0 Å². The lowest BCUT2D eigenvalue weighted by Gasteiger charge is -2.01. The van der Waals surface area contributed by atoms with Crippen LogP contribution < -0.4 is 0 Å². The van der Waals surface area contributed by atoms with Gasteiger partial charge in [-0.05, 0) is 46.7 Å². The Bertz CT molecular complexity index is 1050. The number of thiophene rings is 1. The third-order valence-corrected chi connectivity index (χ3v) is 5.11. The summed E-state index contributed by atoms with van der Waals surface area (Å²) in [5.41, 5.74) is 1.61. The number of carbonyl (C=O) groups excluding carboxylic acids is 1. The highest BCUT2D eigenvalue weighted by Gasteiger charge is 2.13. The highest BCUT2D eigenvalue weighted by Crippen LogP contribution is 2.31. The van der Waals surface area contributed by atoms with Gasteiger partial charge in [-0.3, -0.25) is 4.79 Å². The minimum absolute atomic E-state index is 0.0667. The quantitative estimate of drug-likeness (QED) is 0.503. The fraction of sp³-hybridized carbons (Fsp3) is 0. The fourth-order valence-corrected chi connectivity index (χ4v) is 3.71. The molecule has 0 amide bonds. The molecule has 0 fully saturated rings. The van der Waals surface area contributed by atoms with Gasteiger partial charge in [0.05, 0.1) is 4.88 Å². The zero-order valence-electron chi connectivity index (χ0n) is 12.8. The van der Waals surface area contributed by atoms with E-state index in [1.165, 1.54) is 28.2 Å². The second-order valence-corrected chi connectivity index (χ2v) is 6.69. The summed E-state index contributed by atoms with van der Waals surface area (Å²) in [5, 5.41) is 11.9. The van der Waals surface area contributed by atoms with Crippen molar-refractivity contribution in [2.75, 3.05) is 0 Å². The van der Waals surface area contributed by atoms with Crippen LogP contribution in [-0.2, 0) is 0 Å². The second-order valence-electron chi connectivity index (χ2n) is 5.61. The molecule has 0 radical (unpaired) electrons. The van der Waals surface area contributed by atoms with Gasteiger partial charge in [-0.25, -0.2) is 0 Å². The Morgan fingerprint density at radius 2 is 1.62 bits per heavy atom. The van der Waals surface area contributed by atoms with E-state index in [4.69, 9.17) is 0 Å². The number of hydrogen-bond acceptors (Lipinski definition) is 3. The highest BCUT2D eigenvalue weighted by atomic mass is 32.1. The van der Waals surface area contributed by atoms with Gasteiger partial charge in [-0.1, -0.05) is 48.5 Å². The molecule has 0 aliphatic rings. The van der Waals surface area contributed by atoms with Gasteiger partial charge in [0.1, 0.15) is 5.75 Å². The average Bonchev–Trinajstić information content (AvgIpc) is 3.11. The first-order chi connectivity index (χ1) is 11.7. The minimum atomic E-state index is -0.0667. The summed E-state index contributed by atoms with van der Waals surface area (Å²) in [4.78, 5) is 14.3. The van der Waals surface area contributed by atoms with Gasteiger partial charge < -0.3 is 5.11 Å². The third kappa shape index (κ3) is 2.70. The molecule has 0 bridgehead atoms. The molecule has 0 unspecified atom stereocenters. The van der Waals surface area contributed by atoms with Gasteiger partial charge in [0, 0.05) is 10.4 Å². The monoisotopic (exact) mass is 330 g/mol. The number of phenolic OH excluding ortho intramolecular Hbond substituents is 1. The standard InChI is InChI=1S/C21H14O2S/c22-18-7-3-6-17(13-18)21(23)20-11-10-19(24-20)16-9-8-14-4-1-2-5-15(14)12-16/h1-13,22H. The molecule has 0 spiro atoms. The molecular weight excluding hydrogens is 316 g/mol. The number of aromatic hydroxyl groups is 1. The van der Waals surface area contributed by atoms with Crippen LogP contribution in [0, 0.1) is 0 Å². The number of phenols is 1. The van der Waals surface area contributed by atoms with E-state index in [0.717, 1.165) is 10.4 Å². The molecule has 0 saturated carbocycles. The second kappa shape index (κ2) is 5.95. The summed E-state index contributed by atoms with van der Waals surface area (Å²) in [6.45, 7) is 0. The maximum atomic E-state index is 12.6. The maximum Gasteiger partial charge on any atom is 0.203 e. The molecule has 116 valence electrons. The largest absolute Gasteiger partial charge is 0.508 e. The van der Waals surface area contributed by atoms with Gasteiger partial charge in [0.2, 0.25) is 5.78 Å². The average molecular weight is 330 g/mol. The number of rotatable bonds is 3. The van der Waals surface area contributed by atoms with Crippen LogP contribution in [0.1, 0.15) is 15.2 Å². The first-order valence-corrected chi connectivity index (χ1v) is 8.45. The molecule has 4 aromatic rings. The van der Waals surface area contributed by atoms with Crippen LogP contribution >= 0.6 is 11.3 Å². The van der Waals surface area contributed by atoms with E-state index in [0.29, 0.717) is 10.4 Å². The van der Waals surface area contributed by atoms with Crippen molar-refractivity contribution in [3.05, 3.63) is 89.3 Å². The van der Waals surface area contributed by atoms with Gasteiger partial charge in [0.25, 0.3) is 0 Å². The molecule has 2 nitrogen and oxygen atoms in total. The van der Waals surface area contributed by atoms with Crippen molar-refractivity contribution in [1.29, 1.82) is 0 Å². The van der Waals surface area contributed by atoms with Crippen LogP contribution in [0.2, 0.25) is 0 Å². The van der Waals surface area contributed by atoms with Crippen LogP contribution in [0.15, 0.2) is 78.9 Å². The summed E-state index contributed by atoms with van der Waals surface area (Å²) >= 11 is 1.47. The molecular formula is C21H14O2S. The molecule has 3 heteroatoms. The van der Waals surface area contributed by atoms with Crippen molar-refractivity contribution < 1.29 is 9.90 Å². The SMILES string of the molecule is O=C(c1cccc(O)c1)c1ccc(-c2ccc3ccccc3c2)s1. The molecule has 4 rings (SSSR count). The third-order valence-electron chi connectivity index (χ3n) is 3.97. The molecule has 1 N–H and O–H groups in total. The van der Waals surface area contributed by atoms with Gasteiger partial charge in [0.15, 0.2) is 0 Å². The minimum Gasteiger partial charge on any atom is -0.508 e. The number of fused-ring (bicyclic) bond motifs is 1. The molecule has 0 aliphatic carbocycles. The Kier molecular flexibility index (Phi) is 3.63. The summed E-state index contributed by atoms with van der Waals surface area (Å²) in [6, 6.07) is 24.8. The maximum absolute atomic E-state index is 12.6. The number of carbonyl (C=O) groups is 1. The summed E-state index contributed by atoms with van der Waals surface area (Å²) in [6.07, 6.45) is 0. The zero-order chi connectivity index (χ0) is 16.5.